The van der Waals surface area contributed by atoms with Gasteiger partial charge in [0.2, 0.25) is 0 Å². The van der Waals surface area contributed by atoms with Crippen LogP contribution in [0.2, 0.25) is 0 Å². The van der Waals surface area contributed by atoms with Gasteiger partial charge in [-0.15, -0.1) is 35.3 Å². The topological polar surface area (TPSA) is 68.7 Å². The Bertz CT molecular complexity index is 627. The van der Waals surface area contributed by atoms with E-state index in [9.17, 15) is 0 Å². The van der Waals surface area contributed by atoms with Crippen molar-refractivity contribution in [1.82, 2.24) is 20.2 Å². The fourth-order valence-electron chi connectivity index (χ4n) is 2.68. The maximum atomic E-state index is 4.40. The predicted molar refractivity (Wildman–Crippen MR) is 115 cm³/mol. The fourth-order valence-corrected chi connectivity index (χ4v) is 3.46. The minimum absolute atomic E-state index is 0. The second-order valence-corrected chi connectivity index (χ2v) is 6.34. The van der Waals surface area contributed by atoms with Gasteiger partial charge < -0.3 is 20.4 Å². The number of rotatable bonds is 5. The van der Waals surface area contributed by atoms with Crippen molar-refractivity contribution in [2.75, 3.05) is 56.5 Å². The van der Waals surface area contributed by atoms with Crippen LogP contribution in [-0.2, 0) is 0 Å². The number of anilines is 2. The van der Waals surface area contributed by atoms with Gasteiger partial charge in [-0.25, -0.2) is 4.98 Å². The van der Waals surface area contributed by atoms with Crippen molar-refractivity contribution in [3.8, 4) is 0 Å². The van der Waals surface area contributed by atoms with Crippen molar-refractivity contribution >= 4 is 52.1 Å². The van der Waals surface area contributed by atoms with Crippen molar-refractivity contribution in [2.45, 2.75) is 0 Å². The Hall–Kier alpha value is -1.62. The predicted octanol–water partition coefficient (Wildman–Crippen LogP) is 1.97. The quantitative estimate of drug-likeness (QED) is 0.300. The van der Waals surface area contributed by atoms with Crippen molar-refractivity contribution in [3.63, 3.8) is 0 Å². The first kappa shape index (κ1) is 19.7. The molecule has 0 saturated carbocycles. The molecule has 0 bridgehead atoms. The lowest BCUT2D eigenvalue weighted by atomic mass is 10.3. The summed E-state index contributed by atoms with van der Waals surface area (Å²) in [7, 11) is 1.84. The van der Waals surface area contributed by atoms with Crippen LogP contribution in [0.15, 0.2) is 41.1 Å². The van der Waals surface area contributed by atoms with E-state index in [0.29, 0.717) is 0 Å². The molecule has 0 radical (unpaired) electrons. The van der Waals surface area contributed by atoms with Crippen LogP contribution < -0.4 is 15.5 Å². The summed E-state index contributed by atoms with van der Waals surface area (Å²) in [6.07, 6.45) is 5.07. The molecule has 1 saturated heterocycles. The molecule has 3 rings (SSSR count). The third-order valence-corrected chi connectivity index (χ3v) is 4.82. The van der Waals surface area contributed by atoms with Crippen LogP contribution >= 0.6 is 35.3 Å². The molecule has 25 heavy (non-hydrogen) atoms. The van der Waals surface area contributed by atoms with Gasteiger partial charge in [0.05, 0.1) is 11.2 Å². The molecule has 9 heteroatoms. The Balaban J connectivity index is 0.00000225. The highest BCUT2D eigenvalue weighted by atomic mass is 127. The molecule has 3 heterocycles. The fraction of sp³-hybridized carbons (Fsp3) is 0.438. The SMILES string of the molecule is CN=C(NCCNc1cnccn1)N1CCN(c2cccs2)CC1.I. The summed E-state index contributed by atoms with van der Waals surface area (Å²) in [4.78, 5) is 17.4. The number of nitrogens with zero attached hydrogens (tertiary/aromatic N) is 5. The summed E-state index contributed by atoms with van der Waals surface area (Å²) >= 11 is 1.80. The third kappa shape index (κ3) is 5.70. The molecule has 7 nitrogen and oxygen atoms in total. The molecule has 2 aromatic rings. The first-order valence-electron chi connectivity index (χ1n) is 8.11. The van der Waals surface area contributed by atoms with E-state index in [1.54, 1.807) is 29.9 Å². The lowest BCUT2D eigenvalue weighted by molar-refractivity contribution is 0.374. The summed E-state index contributed by atoms with van der Waals surface area (Å²) in [5.41, 5.74) is 0. The second kappa shape index (κ2) is 10.4. The summed E-state index contributed by atoms with van der Waals surface area (Å²) < 4.78 is 0. The minimum atomic E-state index is 0. The molecule has 2 aromatic heterocycles. The number of aliphatic imine (C=N–C) groups is 1. The Kier molecular flexibility index (Phi) is 8.19. The monoisotopic (exact) mass is 473 g/mol. The van der Waals surface area contributed by atoms with Crippen molar-refractivity contribution in [3.05, 3.63) is 36.1 Å². The molecule has 0 unspecified atom stereocenters. The lowest BCUT2D eigenvalue weighted by Crippen LogP contribution is -2.53. The average molecular weight is 473 g/mol. The number of guanidine groups is 1. The molecule has 0 amide bonds. The zero-order chi connectivity index (χ0) is 16.6. The van der Waals surface area contributed by atoms with E-state index >= 15 is 0 Å². The molecule has 136 valence electrons. The van der Waals surface area contributed by atoms with E-state index < -0.39 is 0 Å². The van der Waals surface area contributed by atoms with Gasteiger partial charge in [0.25, 0.3) is 0 Å². The van der Waals surface area contributed by atoms with E-state index in [0.717, 1.165) is 51.0 Å². The standard InChI is InChI=1S/C16H23N7S.HI/c1-17-16(21-7-6-20-14-13-18-4-5-19-14)23-10-8-22(9-11-23)15-3-2-12-24-15;/h2-5,12-13H,6-11H2,1H3,(H,17,21)(H,19,20);1H. The Morgan fingerprint density at radius 3 is 2.72 bits per heavy atom. The van der Waals surface area contributed by atoms with Gasteiger partial charge in [-0.2, -0.15) is 0 Å². The summed E-state index contributed by atoms with van der Waals surface area (Å²) in [5.74, 6) is 1.75. The van der Waals surface area contributed by atoms with Gasteiger partial charge >= 0.3 is 0 Å². The van der Waals surface area contributed by atoms with Crippen LogP contribution in [-0.4, -0.2) is 67.1 Å². The van der Waals surface area contributed by atoms with Crippen LogP contribution in [0, 0.1) is 0 Å². The number of aromatic nitrogens is 2. The Labute approximate surface area is 169 Å². The summed E-state index contributed by atoms with van der Waals surface area (Å²) in [6, 6.07) is 4.29. The molecule has 0 spiro atoms. The van der Waals surface area contributed by atoms with E-state index in [1.165, 1.54) is 5.00 Å². The van der Waals surface area contributed by atoms with Crippen LogP contribution in [0.4, 0.5) is 10.8 Å². The second-order valence-electron chi connectivity index (χ2n) is 5.42. The lowest BCUT2D eigenvalue weighted by Gasteiger charge is -2.37. The van der Waals surface area contributed by atoms with Gasteiger partial charge in [-0.3, -0.25) is 9.98 Å². The summed E-state index contributed by atoms with van der Waals surface area (Å²) in [6.45, 7) is 5.57. The number of thiophene rings is 1. The van der Waals surface area contributed by atoms with E-state index in [4.69, 9.17) is 0 Å². The molecule has 1 aliphatic rings. The van der Waals surface area contributed by atoms with Crippen molar-refractivity contribution in [2.24, 2.45) is 4.99 Å². The van der Waals surface area contributed by atoms with Crippen LogP contribution in [0.1, 0.15) is 0 Å². The minimum Gasteiger partial charge on any atom is -0.367 e. The zero-order valence-corrected chi connectivity index (χ0v) is 17.4. The largest absolute Gasteiger partial charge is 0.367 e. The third-order valence-electron chi connectivity index (χ3n) is 3.89. The molecule has 0 atom stereocenters. The highest BCUT2D eigenvalue weighted by molar-refractivity contribution is 14.0. The first-order chi connectivity index (χ1) is 11.9. The summed E-state index contributed by atoms with van der Waals surface area (Å²) in [5, 5.41) is 10.1. The zero-order valence-electron chi connectivity index (χ0n) is 14.3. The average Bonchev–Trinajstić information content (AvgIpc) is 3.18. The number of hydrogen-bond donors (Lipinski definition) is 2. The van der Waals surface area contributed by atoms with Gasteiger partial charge in [0, 0.05) is 58.7 Å². The first-order valence-corrected chi connectivity index (χ1v) is 8.99. The maximum Gasteiger partial charge on any atom is 0.193 e. The van der Waals surface area contributed by atoms with E-state index in [2.05, 4.69) is 52.9 Å². The number of hydrogen-bond acceptors (Lipinski definition) is 6. The number of halogens is 1. The van der Waals surface area contributed by atoms with Crippen LogP contribution in [0.3, 0.4) is 0 Å². The molecule has 1 fully saturated rings. The number of piperazine rings is 1. The number of nitrogens with one attached hydrogen (secondary N) is 2. The molecule has 0 aliphatic carbocycles. The highest BCUT2D eigenvalue weighted by Gasteiger charge is 2.19. The Morgan fingerprint density at radius 1 is 1.24 bits per heavy atom. The van der Waals surface area contributed by atoms with Crippen molar-refractivity contribution in [1.29, 1.82) is 0 Å². The molecule has 1 aliphatic heterocycles. The van der Waals surface area contributed by atoms with Crippen LogP contribution in [0.5, 0.6) is 0 Å². The molecule has 0 aromatic carbocycles. The van der Waals surface area contributed by atoms with Gasteiger partial charge in [-0.1, -0.05) is 0 Å². The maximum absolute atomic E-state index is 4.40. The van der Waals surface area contributed by atoms with E-state index in [1.807, 2.05) is 7.05 Å². The normalized spacial score (nSPS) is 14.8. The molecular formula is C16H24IN7S. The Morgan fingerprint density at radius 2 is 2.08 bits per heavy atom. The van der Waals surface area contributed by atoms with Crippen molar-refractivity contribution < 1.29 is 0 Å². The van der Waals surface area contributed by atoms with Gasteiger partial charge in [0.1, 0.15) is 5.82 Å². The van der Waals surface area contributed by atoms with Crippen LogP contribution in [0.25, 0.3) is 0 Å². The van der Waals surface area contributed by atoms with Gasteiger partial charge in [-0.05, 0) is 17.5 Å². The van der Waals surface area contributed by atoms with Gasteiger partial charge in [0.15, 0.2) is 5.96 Å². The smallest absolute Gasteiger partial charge is 0.193 e. The highest BCUT2D eigenvalue weighted by Crippen LogP contribution is 2.22. The molecular weight excluding hydrogens is 449 g/mol. The van der Waals surface area contributed by atoms with E-state index in [-0.39, 0.29) is 24.0 Å². The molecule has 2 N–H and O–H groups in total.